The number of carbonyl (C=O) groups is 1. The summed E-state index contributed by atoms with van der Waals surface area (Å²) in [5.41, 5.74) is 3.12. The topological polar surface area (TPSA) is 26.3 Å². The van der Waals surface area contributed by atoms with Gasteiger partial charge in [-0.2, -0.15) is 0 Å². The molecule has 2 nitrogen and oxygen atoms in total. The molecular weight excluding hydrogens is 176 g/mol. The predicted molar refractivity (Wildman–Crippen MR) is 54.5 cm³/mol. The first-order valence-corrected chi connectivity index (χ1v) is 4.80. The van der Waals surface area contributed by atoms with Gasteiger partial charge in [-0.3, -0.25) is 0 Å². The van der Waals surface area contributed by atoms with Crippen molar-refractivity contribution in [2.24, 2.45) is 0 Å². The van der Waals surface area contributed by atoms with E-state index in [1.807, 2.05) is 13.8 Å². The molecule has 0 unspecified atom stereocenters. The molecule has 14 heavy (non-hydrogen) atoms. The first-order chi connectivity index (χ1) is 6.68. The highest BCUT2D eigenvalue weighted by molar-refractivity contribution is 5.71. The highest BCUT2D eigenvalue weighted by atomic mass is 16.5. The van der Waals surface area contributed by atoms with Crippen molar-refractivity contribution in [2.45, 2.75) is 19.3 Å². The van der Waals surface area contributed by atoms with Crippen LogP contribution in [0.15, 0.2) is 18.2 Å². The summed E-state index contributed by atoms with van der Waals surface area (Å²) in [4.78, 5) is 11.1. The maximum Gasteiger partial charge on any atom is 0.135 e. The summed E-state index contributed by atoms with van der Waals surface area (Å²) in [7, 11) is 0. The summed E-state index contributed by atoms with van der Waals surface area (Å²) in [6.07, 6.45) is 1.03. The molecule has 0 spiro atoms. The van der Waals surface area contributed by atoms with Gasteiger partial charge in [-0.15, -0.1) is 0 Å². The number of carbonyl (C=O) groups excluding carboxylic acids is 1. The minimum absolute atomic E-state index is 0.365. The molecule has 1 saturated heterocycles. The Bertz CT molecular complexity index is 365. The molecule has 1 heterocycles. The van der Waals surface area contributed by atoms with Crippen molar-refractivity contribution in [1.82, 2.24) is 0 Å². The number of benzene rings is 1. The third kappa shape index (κ3) is 1.26. The molecule has 1 aromatic rings. The molecule has 1 aliphatic rings. The first-order valence-electron chi connectivity index (χ1n) is 4.80. The number of ether oxygens (including phenoxy) is 1. The summed E-state index contributed by atoms with van der Waals surface area (Å²) >= 11 is 0. The third-order valence-corrected chi connectivity index (χ3v) is 2.87. The van der Waals surface area contributed by atoms with Crippen molar-refractivity contribution < 1.29 is 9.53 Å². The largest absolute Gasteiger partial charge is 0.379 e. The van der Waals surface area contributed by atoms with E-state index in [0.717, 1.165) is 11.8 Å². The van der Waals surface area contributed by atoms with E-state index in [9.17, 15) is 4.79 Å². The second-order valence-electron chi connectivity index (χ2n) is 4.09. The molecule has 0 atom stereocenters. The Balaban J connectivity index is 2.48. The zero-order valence-electron chi connectivity index (χ0n) is 8.54. The monoisotopic (exact) mass is 190 g/mol. The predicted octanol–water partition coefficient (Wildman–Crippen LogP) is 1.77. The lowest BCUT2D eigenvalue weighted by molar-refractivity contribution is -0.129. The van der Waals surface area contributed by atoms with E-state index in [0.29, 0.717) is 13.2 Å². The van der Waals surface area contributed by atoms with Gasteiger partial charge in [-0.25, -0.2) is 0 Å². The van der Waals surface area contributed by atoms with Crippen molar-refractivity contribution in [2.75, 3.05) is 13.2 Å². The van der Waals surface area contributed by atoms with Crippen LogP contribution in [-0.2, 0) is 14.9 Å². The lowest BCUT2D eigenvalue weighted by atomic mass is 9.77. The SMILES string of the molecule is Cc1ccc(C)c(C2(C=O)COC2)c1. The van der Waals surface area contributed by atoms with Gasteiger partial charge in [0.15, 0.2) is 0 Å². The number of hydrogen-bond acceptors (Lipinski definition) is 2. The second kappa shape index (κ2) is 3.21. The minimum Gasteiger partial charge on any atom is -0.379 e. The molecule has 2 rings (SSSR count). The van der Waals surface area contributed by atoms with Crippen LogP contribution in [0.25, 0.3) is 0 Å². The maximum atomic E-state index is 11.1. The Labute approximate surface area is 83.9 Å². The van der Waals surface area contributed by atoms with E-state index in [1.165, 1.54) is 11.1 Å². The van der Waals surface area contributed by atoms with Crippen molar-refractivity contribution in [3.05, 3.63) is 34.9 Å². The van der Waals surface area contributed by atoms with E-state index >= 15 is 0 Å². The Morgan fingerprint density at radius 1 is 1.36 bits per heavy atom. The van der Waals surface area contributed by atoms with E-state index in [4.69, 9.17) is 4.74 Å². The van der Waals surface area contributed by atoms with Gasteiger partial charge in [0.2, 0.25) is 0 Å². The summed E-state index contributed by atoms with van der Waals surface area (Å²) in [6, 6.07) is 6.22. The average molecular weight is 190 g/mol. The fourth-order valence-electron chi connectivity index (χ4n) is 1.88. The molecule has 1 aliphatic heterocycles. The van der Waals surface area contributed by atoms with Crippen LogP contribution in [0, 0.1) is 13.8 Å². The highest BCUT2D eigenvalue weighted by Gasteiger charge is 2.41. The minimum atomic E-state index is -0.365. The van der Waals surface area contributed by atoms with Gasteiger partial charge in [0.05, 0.1) is 18.6 Å². The van der Waals surface area contributed by atoms with Crippen molar-refractivity contribution in [3.63, 3.8) is 0 Å². The molecule has 1 aromatic carbocycles. The van der Waals surface area contributed by atoms with Gasteiger partial charge in [0.25, 0.3) is 0 Å². The Morgan fingerprint density at radius 3 is 2.57 bits per heavy atom. The van der Waals surface area contributed by atoms with Crippen LogP contribution in [-0.4, -0.2) is 19.5 Å². The second-order valence-corrected chi connectivity index (χ2v) is 4.09. The van der Waals surface area contributed by atoms with E-state index in [1.54, 1.807) is 0 Å². The van der Waals surface area contributed by atoms with Crippen LogP contribution < -0.4 is 0 Å². The van der Waals surface area contributed by atoms with Crippen LogP contribution in [0.2, 0.25) is 0 Å². The molecule has 0 N–H and O–H groups in total. The van der Waals surface area contributed by atoms with E-state index in [2.05, 4.69) is 18.2 Å². The van der Waals surface area contributed by atoms with Gasteiger partial charge in [-0.05, 0) is 25.0 Å². The molecule has 0 radical (unpaired) electrons. The Hall–Kier alpha value is -1.15. The summed E-state index contributed by atoms with van der Waals surface area (Å²) < 4.78 is 5.15. The maximum absolute atomic E-state index is 11.1. The Morgan fingerprint density at radius 2 is 2.07 bits per heavy atom. The van der Waals surface area contributed by atoms with Crippen LogP contribution >= 0.6 is 0 Å². The number of aldehydes is 1. The highest BCUT2D eigenvalue weighted by Crippen LogP contribution is 2.32. The zero-order valence-corrected chi connectivity index (χ0v) is 8.54. The zero-order chi connectivity index (χ0) is 10.2. The quantitative estimate of drug-likeness (QED) is 0.664. The van der Waals surface area contributed by atoms with Crippen LogP contribution in [0.5, 0.6) is 0 Å². The fraction of sp³-hybridized carbons (Fsp3) is 0.417. The Kier molecular flexibility index (Phi) is 2.16. The molecular formula is C12H14O2. The van der Waals surface area contributed by atoms with Gasteiger partial charge in [0.1, 0.15) is 6.29 Å². The third-order valence-electron chi connectivity index (χ3n) is 2.87. The summed E-state index contributed by atoms with van der Waals surface area (Å²) in [5.74, 6) is 0. The van der Waals surface area contributed by atoms with Gasteiger partial charge >= 0.3 is 0 Å². The van der Waals surface area contributed by atoms with Crippen molar-refractivity contribution in [3.8, 4) is 0 Å². The molecule has 0 aliphatic carbocycles. The first kappa shape index (κ1) is 9.41. The average Bonchev–Trinajstić information content (AvgIpc) is 2.10. The van der Waals surface area contributed by atoms with E-state index < -0.39 is 0 Å². The van der Waals surface area contributed by atoms with Gasteiger partial charge in [0, 0.05) is 0 Å². The van der Waals surface area contributed by atoms with Crippen LogP contribution in [0.3, 0.4) is 0 Å². The summed E-state index contributed by atoms with van der Waals surface area (Å²) in [5, 5.41) is 0. The van der Waals surface area contributed by atoms with E-state index in [-0.39, 0.29) is 5.41 Å². The molecule has 0 amide bonds. The fourth-order valence-corrected chi connectivity index (χ4v) is 1.88. The van der Waals surface area contributed by atoms with Gasteiger partial charge < -0.3 is 9.53 Å². The standard InChI is InChI=1S/C12H14O2/c1-9-3-4-10(2)11(5-9)12(6-13)7-14-8-12/h3-6H,7-8H2,1-2H3. The van der Waals surface area contributed by atoms with Crippen molar-refractivity contribution >= 4 is 6.29 Å². The number of aryl methyl sites for hydroxylation is 2. The number of rotatable bonds is 2. The lowest BCUT2D eigenvalue weighted by Gasteiger charge is -2.38. The molecule has 1 fully saturated rings. The number of hydrogen-bond donors (Lipinski definition) is 0. The molecule has 0 saturated carbocycles. The molecule has 0 aromatic heterocycles. The smallest absolute Gasteiger partial charge is 0.135 e. The summed E-state index contributed by atoms with van der Waals surface area (Å²) in [6.45, 7) is 5.14. The van der Waals surface area contributed by atoms with Gasteiger partial charge in [-0.1, -0.05) is 23.8 Å². The van der Waals surface area contributed by atoms with Crippen LogP contribution in [0.1, 0.15) is 16.7 Å². The molecule has 2 heteroatoms. The normalized spacial score (nSPS) is 18.7. The van der Waals surface area contributed by atoms with Crippen LogP contribution in [0.4, 0.5) is 0 Å². The molecule has 74 valence electrons. The lowest BCUT2D eigenvalue weighted by Crippen LogP contribution is -2.48. The van der Waals surface area contributed by atoms with Crippen molar-refractivity contribution in [1.29, 1.82) is 0 Å². The molecule has 0 bridgehead atoms.